The molecule has 0 amide bonds. The number of halogens is 1. The zero-order chi connectivity index (χ0) is 13.8. The quantitative estimate of drug-likeness (QED) is 0.672. The molecule has 1 aromatic carbocycles. The molecule has 0 aliphatic rings. The Labute approximate surface area is 120 Å². The molecule has 0 aliphatic heterocycles. The third-order valence-corrected chi connectivity index (χ3v) is 4.01. The standard InChI is InChI=1S/C13H13ClN2O2S/c1-9-2-5-12(19-9)8-15-7-10-3-4-11(16(17)18)6-13(10)14/h2-6,15H,7-8H2,1H3. The summed E-state index contributed by atoms with van der Waals surface area (Å²) in [6, 6.07) is 8.71. The van der Waals surface area contributed by atoms with Crippen molar-refractivity contribution in [2.45, 2.75) is 20.0 Å². The Morgan fingerprint density at radius 2 is 2.11 bits per heavy atom. The number of hydrogen-bond acceptors (Lipinski definition) is 4. The van der Waals surface area contributed by atoms with Crippen molar-refractivity contribution in [2.75, 3.05) is 0 Å². The minimum Gasteiger partial charge on any atom is -0.308 e. The number of non-ortho nitro benzene ring substituents is 1. The molecule has 1 N–H and O–H groups in total. The predicted octanol–water partition coefficient (Wildman–Crippen LogP) is 3.91. The van der Waals surface area contributed by atoms with Crippen LogP contribution in [0.1, 0.15) is 15.3 Å². The molecule has 2 rings (SSSR count). The second-order valence-electron chi connectivity index (χ2n) is 4.15. The van der Waals surface area contributed by atoms with E-state index in [0.29, 0.717) is 11.6 Å². The van der Waals surface area contributed by atoms with Crippen molar-refractivity contribution in [3.05, 3.63) is 60.8 Å². The average molecular weight is 297 g/mol. The fourth-order valence-electron chi connectivity index (χ4n) is 1.69. The van der Waals surface area contributed by atoms with Crippen molar-refractivity contribution in [1.29, 1.82) is 0 Å². The summed E-state index contributed by atoms with van der Waals surface area (Å²) in [6.45, 7) is 3.43. The summed E-state index contributed by atoms with van der Waals surface area (Å²) in [5.41, 5.74) is 0.878. The Hall–Kier alpha value is -1.43. The first kappa shape index (κ1) is 14.0. The molecule has 1 aromatic heterocycles. The number of aryl methyl sites for hydroxylation is 1. The van der Waals surface area contributed by atoms with Crippen LogP contribution in [0.2, 0.25) is 5.02 Å². The predicted molar refractivity (Wildman–Crippen MR) is 77.7 cm³/mol. The number of nitrogens with one attached hydrogen (secondary N) is 1. The van der Waals surface area contributed by atoms with Crippen LogP contribution in [0.3, 0.4) is 0 Å². The molecule has 2 aromatic rings. The molecular formula is C13H13ClN2O2S. The van der Waals surface area contributed by atoms with Gasteiger partial charge in [0.2, 0.25) is 0 Å². The zero-order valence-corrected chi connectivity index (χ0v) is 11.9. The minimum atomic E-state index is -0.447. The van der Waals surface area contributed by atoms with Crippen LogP contribution in [-0.2, 0) is 13.1 Å². The molecule has 0 saturated carbocycles. The van der Waals surface area contributed by atoms with Crippen LogP contribution in [0.5, 0.6) is 0 Å². The van der Waals surface area contributed by atoms with Gasteiger partial charge >= 0.3 is 0 Å². The van der Waals surface area contributed by atoms with Crippen LogP contribution < -0.4 is 5.32 Å². The van der Waals surface area contributed by atoms with Crippen molar-refractivity contribution < 1.29 is 4.92 Å². The van der Waals surface area contributed by atoms with Gasteiger partial charge < -0.3 is 5.32 Å². The van der Waals surface area contributed by atoms with Gasteiger partial charge in [-0.15, -0.1) is 11.3 Å². The number of benzene rings is 1. The lowest BCUT2D eigenvalue weighted by molar-refractivity contribution is -0.384. The molecule has 100 valence electrons. The Kier molecular flexibility index (Phi) is 4.52. The molecule has 4 nitrogen and oxygen atoms in total. The van der Waals surface area contributed by atoms with Gasteiger partial charge in [0.25, 0.3) is 5.69 Å². The number of nitrogens with zero attached hydrogens (tertiary/aromatic N) is 1. The van der Waals surface area contributed by atoms with E-state index in [2.05, 4.69) is 24.4 Å². The largest absolute Gasteiger partial charge is 0.308 e. The fourth-order valence-corrected chi connectivity index (χ4v) is 2.80. The van der Waals surface area contributed by atoms with E-state index in [0.717, 1.165) is 12.1 Å². The third kappa shape index (κ3) is 3.76. The highest BCUT2D eigenvalue weighted by Gasteiger charge is 2.09. The molecule has 1 heterocycles. The summed E-state index contributed by atoms with van der Waals surface area (Å²) in [5.74, 6) is 0. The normalized spacial score (nSPS) is 10.6. The molecular weight excluding hydrogens is 284 g/mol. The topological polar surface area (TPSA) is 55.2 Å². The Morgan fingerprint density at radius 1 is 1.32 bits per heavy atom. The molecule has 0 spiro atoms. The molecule has 0 aliphatic carbocycles. The molecule has 0 saturated heterocycles. The van der Waals surface area contributed by atoms with Crippen LogP contribution >= 0.6 is 22.9 Å². The van der Waals surface area contributed by atoms with Crippen molar-refractivity contribution in [3.8, 4) is 0 Å². The molecule has 0 radical (unpaired) electrons. The van der Waals surface area contributed by atoms with Gasteiger partial charge in [0.05, 0.1) is 9.95 Å². The van der Waals surface area contributed by atoms with Gasteiger partial charge in [-0.3, -0.25) is 10.1 Å². The van der Waals surface area contributed by atoms with E-state index in [4.69, 9.17) is 11.6 Å². The lowest BCUT2D eigenvalue weighted by Gasteiger charge is -2.05. The van der Waals surface area contributed by atoms with E-state index in [9.17, 15) is 10.1 Å². The second-order valence-corrected chi connectivity index (χ2v) is 5.93. The average Bonchev–Trinajstić information content (AvgIpc) is 2.77. The summed E-state index contributed by atoms with van der Waals surface area (Å²) >= 11 is 7.77. The molecule has 0 bridgehead atoms. The summed E-state index contributed by atoms with van der Waals surface area (Å²) < 4.78 is 0. The van der Waals surface area contributed by atoms with Crippen LogP contribution in [-0.4, -0.2) is 4.92 Å². The second kappa shape index (κ2) is 6.14. The van der Waals surface area contributed by atoms with E-state index in [1.54, 1.807) is 17.4 Å². The monoisotopic (exact) mass is 296 g/mol. The number of nitro benzene ring substituents is 1. The summed E-state index contributed by atoms with van der Waals surface area (Å²) in [5, 5.41) is 14.3. The zero-order valence-electron chi connectivity index (χ0n) is 10.4. The van der Waals surface area contributed by atoms with Crippen molar-refractivity contribution in [2.24, 2.45) is 0 Å². The summed E-state index contributed by atoms with van der Waals surface area (Å²) in [4.78, 5) is 12.7. The van der Waals surface area contributed by atoms with Crippen molar-refractivity contribution >= 4 is 28.6 Å². The molecule has 19 heavy (non-hydrogen) atoms. The molecule has 0 fully saturated rings. The SMILES string of the molecule is Cc1ccc(CNCc2ccc([N+](=O)[O-])cc2Cl)s1. The lowest BCUT2D eigenvalue weighted by atomic mass is 10.2. The number of hydrogen-bond donors (Lipinski definition) is 1. The Balaban J connectivity index is 1.94. The highest BCUT2D eigenvalue weighted by atomic mass is 35.5. The van der Waals surface area contributed by atoms with Gasteiger partial charge in [-0.25, -0.2) is 0 Å². The number of nitro groups is 1. The van der Waals surface area contributed by atoms with Gasteiger partial charge in [-0.1, -0.05) is 11.6 Å². The smallest absolute Gasteiger partial charge is 0.270 e. The van der Waals surface area contributed by atoms with E-state index in [1.807, 2.05) is 0 Å². The number of rotatable bonds is 5. The highest BCUT2D eigenvalue weighted by molar-refractivity contribution is 7.11. The molecule has 6 heteroatoms. The van der Waals surface area contributed by atoms with Gasteiger partial charge in [-0.2, -0.15) is 0 Å². The van der Waals surface area contributed by atoms with E-state index in [-0.39, 0.29) is 5.69 Å². The first-order chi connectivity index (χ1) is 9.06. The fraction of sp³-hybridized carbons (Fsp3) is 0.231. The van der Waals surface area contributed by atoms with Crippen LogP contribution in [0, 0.1) is 17.0 Å². The van der Waals surface area contributed by atoms with E-state index >= 15 is 0 Å². The van der Waals surface area contributed by atoms with Crippen molar-refractivity contribution in [1.82, 2.24) is 5.32 Å². The Morgan fingerprint density at radius 3 is 2.68 bits per heavy atom. The van der Waals surface area contributed by atoms with Gasteiger partial charge in [0.1, 0.15) is 0 Å². The molecule has 0 atom stereocenters. The number of thiophene rings is 1. The van der Waals surface area contributed by atoms with E-state index in [1.165, 1.54) is 21.9 Å². The lowest BCUT2D eigenvalue weighted by Crippen LogP contribution is -2.12. The Bertz CT molecular complexity index is 598. The first-order valence-corrected chi connectivity index (χ1v) is 6.94. The van der Waals surface area contributed by atoms with E-state index < -0.39 is 4.92 Å². The third-order valence-electron chi connectivity index (χ3n) is 2.66. The van der Waals surface area contributed by atoms with Crippen LogP contribution in [0.15, 0.2) is 30.3 Å². The minimum absolute atomic E-state index is 0.0163. The highest BCUT2D eigenvalue weighted by Crippen LogP contribution is 2.22. The van der Waals surface area contributed by atoms with Gasteiger partial charge in [0, 0.05) is 35.0 Å². The van der Waals surface area contributed by atoms with Crippen LogP contribution in [0.25, 0.3) is 0 Å². The van der Waals surface area contributed by atoms with Crippen molar-refractivity contribution in [3.63, 3.8) is 0 Å². The van der Waals surface area contributed by atoms with Crippen LogP contribution in [0.4, 0.5) is 5.69 Å². The maximum Gasteiger partial charge on any atom is 0.270 e. The maximum absolute atomic E-state index is 10.6. The summed E-state index contributed by atoms with van der Waals surface area (Å²) in [7, 11) is 0. The first-order valence-electron chi connectivity index (χ1n) is 5.75. The molecule has 0 unspecified atom stereocenters. The summed E-state index contributed by atoms with van der Waals surface area (Å²) in [6.07, 6.45) is 0. The maximum atomic E-state index is 10.6. The van der Waals surface area contributed by atoms with Gasteiger partial charge in [-0.05, 0) is 30.7 Å². The van der Waals surface area contributed by atoms with Gasteiger partial charge in [0.15, 0.2) is 0 Å².